The number of hydrogen-bond acceptors (Lipinski definition) is 3. The minimum absolute atomic E-state index is 0.139. The maximum Gasteiger partial charge on any atom is 0.416 e. The van der Waals surface area contributed by atoms with Crippen molar-refractivity contribution in [1.29, 1.82) is 0 Å². The Kier molecular flexibility index (Phi) is 7.22. The number of benzene rings is 3. The zero-order chi connectivity index (χ0) is 24.5. The first-order valence-electron chi connectivity index (χ1n) is 10.2. The molecule has 0 unspecified atom stereocenters. The van der Waals surface area contributed by atoms with Crippen molar-refractivity contribution in [3.8, 4) is 11.5 Å². The van der Waals surface area contributed by atoms with Crippen LogP contribution < -0.4 is 14.8 Å². The van der Waals surface area contributed by atoms with Crippen LogP contribution in [0.3, 0.4) is 0 Å². The van der Waals surface area contributed by atoms with Crippen LogP contribution in [0, 0.1) is 3.57 Å². The Morgan fingerprint density at radius 1 is 1.06 bits per heavy atom. The summed E-state index contributed by atoms with van der Waals surface area (Å²) in [6, 6.07) is 14.6. The Morgan fingerprint density at radius 3 is 2.47 bits per heavy atom. The minimum atomic E-state index is -4.49. The molecule has 1 aliphatic rings. The molecule has 176 valence electrons. The normalized spacial score (nSPS) is 14.2. The third kappa shape index (κ3) is 5.41. The van der Waals surface area contributed by atoms with E-state index < -0.39 is 17.6 Å². The van der Waals surface area contributed by atoms with E-state index in [1.54, 1.807) is 12.1 Å². The molecule has 0 aliphatic carbocycles. The molecule has 4 nitrogen and oxygen atoms in total. The highest BCUT2D eigenvalue weighted by Crippen LogP contribution is 2.40. The summed E-state index contributed by atoms with van der Waals surface area (Å²) in [5.41, 5.74) is 1.69. The highest BCUT2D eigenvalue weighted by atomic mass is 127. The predicted octanol–water partition coefficient (Wildman–Crippen LogP) is 7.54. The second-order valence-electron chi connectivity index (χ2n) is 7.45. The van der Waals surface area contributed by atoms with Crippen LogP contribution in [0.15, 0.2) is 59.1 Å². The Labute approximate surface area is 216 Å². The topological polar surface area (TPSA) is 47.6 Å². The quantitative estimate of drug-likeness (QED) is 0.223. The van der Waals surface area contributed by atoms with Crippen molar-refractivity contribution in [2.24, 2.45) is 0 Å². The van der Waals surface area contributed by atoms with Gasteiger partial charge in [-0.15, -0.1) is 0 Å². The largest absolute Gasteiger partial charge is 0.490 e. The Hall–Kier alpha value is -2.53. The number of rotatable bonds is 6. The fraction of sp³-hybridized carbons (Fsp3) is 0.160. The Bertz CT molecular complexity index is 1270. The number of alkyl halides is 3. The van der Waals surface area contributed by atoms with Gasteiger partial charge in [-0.05, 0) is 83.1 Å². The van der Waals surface area contributed by atoms with Gasteiger partial charge in [0.1, 0.15) is 6.61 Å². The molecule has 1 aliphatic heterocycles. The zero-order valence-electron chi connectivity index (χ0n) is 17.8. The number of nitrogens with one attached hydrogen (secondary N) is 1. The van der Waals surface area contributed by atoms with Gasteiger partial charge in [0.15, 0.2) is 11.5 Å². The second kappa shape index (κ2) is 9.99. The number of fused-ring (bicyclic) bond motifs is 1. The standard InChI is InChI=1S/C25H18BrF3INO3/c1-2-33-22-11-15(10-20(30)23(22)34-13-14-3-6-17(26)7-4-14)9-19-18-8-5-16(25(27,28)29)12-21(18)31-24(19)32/h3-12H,2,13H2,1H3,(H,31,32)/b19-9-. The molecule has 0 saturated carbocycles. The number of carbonyl (C=O) groups is 1. The van der Waals surface area contributed by atoms with E-state index in [2.05, 4.69) is 43.8 Å². The van der Waals surface area contributed by atoms with E-state index in [1.165, 1.54) is 6.07 Å². The molecule has 1 heterocycles. The third-order valence-electron chi connectivity index (χ3n) is 5.07. The van der Waals surface area contributed by atoms with Crippen molar-refractivity contribution in [3.63, 3.8) is 0 Å². The average molecular weight is 644 g/mol. The van der Waals surface area contributed by atoms with Crippen LogP contribution in [0.1, 0.15) is 29.2 Å². The molecule has 4 rings (SSSR count). The highest BCUT2D eigenvalue weighted by molar-refractivity contribution is 14.1. The SMILES string of the molecule is CCOc1cc(/C=C2\C(=O)Nc3cc(C(F)(F)F)ccc32)cc(I)c1OCc1ccc(Br)cc1. The van der Waals surface area contributed by atoms with E-state index in [0.717, 1.165) is 25.7 Å². The molecular weight excluding hydrogens is 626 g/mol. The van der Waals surface area contributed by atoms with Gasteiger partial charge in [0.05, 0.1) is 15.7 Å². The molecule has 0 saturated heterocycles. The van der Waals surface area contributed by atoms with Gasteiger partial charge in [0.25, 0.3) is 5.91 Å². The number of hydrogen-bond donors (Lipinski definition) is 1. The van der Waals surface area contributed by atoms with Crippen molar-refractivity contribution < 1.29 is 27.4 Å². The van der Waals surface area contributed by atoms with Crippen molar-refractivity contribution >= 4 is 61.8 Å². The van der Waals surface area contributed by atoms with Gasteiger partial charge in [0.2, 0.25) is 0 Å². The molecule has 0 atom stereocenters. The summed E-state index contributed by atoms with van der Waals surface area (Å²) in [7, 11) is 0. The smallest absolute Gasteiger partial charge is 0.416 e. The molecule has 9 heteroatoms. The lowest BCUT2D eigenvalue weighted by atomic mass is 10.0. The molecule has 0 bridgehead atoms. The number of carbonyl (C=O) groups excluding carboxylic acids is 1. The van der Waals surface area contributed by atoms with E-state index >= 15 is 0 Å². The third-order valence-corrected chi connectivity index (χ3v) is 6.40. The second-order valence-corrected chi connectivity index (χ2v) is 9.53. The molecular formula is C25H18BrF3INO3. The van der Waals surface area contributed by atoms with Crippen molar-refractivity contribution in [2.45, 2.75) is 19.7 Å². The summed E-state index contributed by atoms with van der Waals surface area (Å²) in [5.74, 6) is 0.640. The summed E-state index contributed by atoms with van der Waals surface area (Å²) in [6.45, 7) is 2.62. The van der Waals surface area contributed by atoms with Gasteiger partial charge in [0, 0.05) is 21.3 Å². The van der Waals surface area contributed by atoms with Crippen molar-refractivity contribution in [2.75, 3.05) is 11.9 Å². The summed E-state index contributed by atoms with van der Waals surface area (Å²) in [4.78, 5) is 12.5. The Morgan fingerprint density at radius 2 is 1.79 bits per heavy atom. The summed E-state index contributed by atoms with van der Waals surface area (Å²) in [5, 5.41) is 2.52. The van der Waals surface area contributed by atoms with Gasteiger partial charge in [-0.2, -0.15) is 13.2 Å². The summed E-state index contributed by atoms with van der Waals surface area (Å²) >= 11 is 5.55. The van der Waals surface area contributed by atoms with Gasteiger partial charge in [-0.1, -0.05) is 34.1 Å². The first-order valence-corrected chi connectivity index (χ1v) is 12.1. The van der Waals surface area contributed by atoms with Crippen LogP contribution in [0.25, 0.3) is 11.6 Å². The monoisotopic (exact) mass is 643 g/mol. The van der Waals surface area contributed by atoms with E-state index in [1.807, 2.05) is 37.3 Å². The predicted molar refractivity (Wildman–Crippen MR) is 137 cm³/mol. The fourth-order valence-corrected chi connectivity index (χ4v) is 4.54. The molecule has 3 aromatic rings. The molecule has 1 amide bonds. The van der Waals surface area contributed by atoms with E-state index in [4.69, 9.17) is 9.47 Å². The highest BCUT2D eigenvalue weighted by Gasteiger charge is 2.33. The van der Waals surface area contributed by atoms with E-state index in [-0.39, 0.29) is 11.3 Å². The first-order chi connectivity index (χ1) is 16.2. The van der Waals surface area contributed by atoms with Gasteiger partial charge in [-0.25, -0.2) is 0 Å². The first kappa shape index (κ1) is 24.6. The molecule has 0 aromatic heterocycles. The van der Waals surface area contributed by atoms with Crippen LogP contribution in [-0.2, 0) is 17.6 Å². The maximum atomic E-state index is 13.0. The van der Waals surface area contributed by atoms with Crippen LogP contribution >= 0.6 is 38.5 Å². The zero-order valence-corrected chi connectivity index (χ0v) is 21.5. The van der Waals surface area contributed by atoms with Gasteiger partial charge >= 0.3 is 6.18 Å². The number of amides is 1. The Balaban J connectivity index is 1.65. The number of halogens is 5. The molecule has 0 spiro atoms. The van der Waals surface area contributed by atoms with E-state index in [0.29, 0.717) is 35.8 Å². The number of ether oxygens (including phenoxy) is 2. The lowest BCUT2D eigenvalue weighted by Gasteiger charge is -2.15. The summed E-state index contributed by atoms with van der Waals surface area (Å²) < 4.78 is 52.7. The van der Waals surface area contributed by atoms with E-state index in [9.17, 15) is 18.0 Å². The molecule has 3 aromatic carbocycles. The molecule has 0 radical (unpaired) electrons. The fourth-order valence-electron chi connectivity index (χ4n) is 3.49. The molecule has 0 fully saturated rings. The minimum Gasteiger partial charge on any atom is -0.490 e. The van der Waals surface area contributed by atoms with Gasteiger partial charge < -0.3 is 14.8 Å². The lowest BCUT2D eigenvalue weighted by Crippen LogP contribution is -2.06. The van der Waals surface area contributed by atoms with Crippen LogP contribution in [0.4, 0.5) is 18.9 Å². The lowest BCUT2D eigenvalue weighted by molar-refractivity contribution is -0.137. The molecule has 1 N–H and O–H groups in total. The average Bonchev–Trinajstić information content (AvgIpc) is 3.08. The van der Waals surface area contributed by atoms with Crippen molar-refractivity contribution in [3.05, 3.63) is 84.9 Å². The van der Waals surface area contributed by atoms with Gasteiger partial charge in [-0.3, -0.25) is 4.79 Å². The van der Waals surface area contributed by atoms with Crippen LogP contribution in [0.2, 0.25) is 0 Å². The molecule has 34 heavy (non-hydrogen) atoms. The summed E-state index contributed by atoms with van der Waals surface area (Å²) in [6.07, 6.45) is -2.85. The maximum absolute atomic E-state index is 13.0. The van der Waals surface area contributed by atoms with Crippen molar-refractivity contribution in [1.82, 2.24) is 0 Å². The van der Waals surface area contributed by atoms with Crippen LogP contribution in [-0.4, -0.2) is 12.5 Å². The number of anilines is 1. The van der Waals surface area contributed by atoms with Crippen LogP contribution in [0.5, 0.6) is 11.5 Å².